The summed E-state index contributed by atoms with van der Waals surface area (Å²) in [6.45, 7) is 7.66. The third-order valence-electron chi connectivity index (χ3n) is 5.87. The van der Waals surface area contributed by atoms with Gasteiger partial charge in [0, 0.05) is 37.8 Å². The van der Waals surface area contributed by atoms with E-state index >= 15 is 0 Å². The van der Waals surface area contributed by atoms with Crippen LogP contribution in [0.15, 0.2) is 42.6 Å². The molecule has 0 aliphatic carbocycles. The minimum atomic E-state index is 0.367. The molecule has 134 valence electrons. The first-order valence-electron chi connectivity index (χ1n) is 9.55. The van der Waals surface area contributed by atoms with Crippen molar-refractivity contribution in [3.05, 3.63) is 59.3 Å². The van der Waals surface area contributed by atoms with Gasteiger partial charge in [-0.2, -0.15) is 5.26 Å². The van der Waals surface area contributed by atoms with Gasteiger partial charge in [0.1, 0.15) is 5.82 Å². The van der Waals surface area contributed by atoms with Gasteiger partial charge < -0.3 is 4.90 Å². The van der Waals surface area contributed by atoms with Crippen LogP contribution in [0.1, 0.15) is 36.0 Å². The first kappa shape index (κ1) is 17.1. The number of nitriles is 1. The molecular formula is C22H26N4. The number of nitrogens with zero attached hydrogens (tertiary/aromatic N) is 4. The lowest BCUT2D eigenvalue weighted by atomic mass is 9.79. The van der Waals surface area contributed by atoms with Crippen LogP contribution in [0.2, 0.25) is 0 Å². The van der Waals surface area contributed by atoms with Crippen LogP contribution < -0.4 is 4.90 Å². The third-order valence-corrected chi connectivity index (χ3v) is 5.87. The van der Waals surface area contributed by atoms with Crippen molar-refractivity contribution in [3.8, 4) is 6.07 Å². The molecular weight excluding hydrogens is 320 g/mol. The van der Waals surface area contributed by atoms with Gasteiger partial charge in [-0.1, -0.05) is 29.8 Å². The summed E-state index contributed by atoms with van der Waals surface area (Å²) in [5.74, 6) is 0.955. The molecule has 4 rings (SSSR count). The maximum Gasteiger partial charge on any atom is 0.129 e. The normalized spacial score (nSPS) is 23.3. The quantitative estimate of drug-likeness (QED) is 0.849. The predicted molar refractivity (Wildman–Crippen MR) is 104 cm³/mol. The number of hydrogen-bond acceptors (Lipinski definition) is 4. The molecule has 1 atom stereocenters. The highest BCUT2D eigenvalue weighted by Gasteiger charge is 2.41. The van der Waals surface area contributed by atoms with E-state index in [1.165, 1.54) is 36.9 Å². The number of rotatable bonds is 3. The van der Waals surface area contributed by atoms with Crippen LogP contribution in [0.3, 0.4) is 0 Å². The van der Waals surface area contributed by atoms with Gasteiger partial charge in [0.15, 0.2) is 0 Å². The van der Waals surface area contributed by atoms with E-state index in [2.05, 4.69) is 52.0 Å². The second-order valence-electron chi connectivity index (χ2n) is 7.99. The Kier molecular flexibility index (Phi) is 4.65. The minimum Gasteiger partial charge on any atom is -0.356 e. The molecule has 1 unspecified atom stereocenters. The Morgan fingerprint density at radius 3 is 2.92 bits per heavy atom. The zero-order valence-electron chi connectivity index (χ0n) is 15.5. The van der Waals surface area contributed by atoms with Gasteiger partial charge >= 0.3 is 0 Å². The number of benzene rings is 1. The monoisotopic (exact) mass is 346 g/mol. The fourth-order valence-corrected chi connectivity index (χ4v) is 4.64. The average molecular weight is 346 g/mol. The molecule has 2 fully saturated rings. The molecule has 4 nitrogen and oxygen atoms in total. The number of aromatic nitrogens is 1. The lowest BCUT2D eigenvalue weighted by Gasteiger charge is -2.40. The van der Waals surface area contributed by atoms with Crippen molar-refractivity contribution in [3.63, 3.8) is 0 Å². The molecule has 0 bridgehead atoms. The summed E-state index contributed by atoms with van der Waals surface area (Å²) in [6.07, 6.45) is 5.54. The fourth-order valence-electron chi connectivity index (χ4n) is 4.64. The van der Waals surface area contributed by atoms with Gasteiger partial charge in [0.25, 0.3) is 0 Å². The topological polar surface area (TPSA) is 43.2 Å². The summed E-state index contributed by atoms with van der Waals surface area (Å²) in [4.78, 5) is 9.50. The van der Waals surface area contributed by atoms with E-state index in [1.54, 1.807) is 12.3 Å². The van der Waals surface area contributed by atoms with E-state index in [1.807, 2.05) is 6.07 Å². The molecule has 0 radical (unpaired) electrons. The lowest BCUT2D eigenvalue weighted by molar-refractivity contribution is 0.0991. The van der Waals surface area contributed by atoms with Crippen molar-refractivity contribution in [2.24, 2.45) is 5.41 Å². The van der Waals surface area contributed by atoms with Crippen LogP contribution in [0, 0.1) is 23.7 Å². The van der Waals surface area contributed by atoms with Gasteiger partial charge in [0.05, 0.1) is 11.6 Å². The molecule has 0 saturated carbocycles. The van der Waals surface area contributed by atoms with Crippen molar-refractivity contribution in [1.29, 1.82) is 5.26 Å². The number of aryl methyl sites for hydroxylation is 1. The van der Waals surface area contributed by atoms with Crippen molar-refractivity contribution < 1.29 is 0 Å². The second-order valence-corrected chi connectivity index (χ2v) is 7.99. The smallest absolute Gasteiger partial charge is 0.129 e. The SMILES string of the molecule is Cc1cccc(CN2CCCC3(CCN(c4cc(C#N)ccn4)C3)C2)c1. The van der Waals surface area contributed by atoms with Crippen LogP contribution in [-0.2, 0) is 6.54 Å². The molecule has 3 heterocycles. The number of likely N-dealkylation sites (tertiary alicyclic amines) is 1. The first-order chi connectivity index (χ1) is 12.7. The van der Waals surface area contributed by atoms with E-state index < -0.39 is 0 Å². The van der Waals surface area contributed by atoms with Crippen LogP contribution in [0.25, 0.3) is 0 Å². The predicted octanol–water partition coefficient (Wildman–Crippen LogP) is 3.75. The minimum absolute atomic E-state index is 0.367. The maximum atomic E-state index is 9.14. The highest BCUT2D eigenvalue weighted by atomic mass is 15.2. The summed E-state index contributed by atoms with van der Waals surface area (Å²) >= 11 is 0. The first-order valence-corrected chi connectivity index (χ1v) is 9.55. The van der Waals surface area contributed by atoms with Gasteiger partial charge in [-0.3, -0.25) is 4.90 Å². The second kappa shape index (κ2) is 7.09. The molecule has 0 N–H and O–H groups in total. The van der Waals surface area contributed by atoms with E-state index in [-0.39, 0.29) is 0 Å². The van der Waals surface area contributed by atoms with Gasteiger partial charge in [-0.15, -0.1) is 0 Å². The summed E-state index contributed by atoms with van der Waals surface area (Å²) in [7, 11) is 0. The van der Waals surface area contributed by atoms with Crippen molar-refractivity contribution in [1.82, 2.24) is 9.88 Å². The Balaban J connectivity index is 1.44. The Morgan fingerprint density at radius 1 is 1.15 bits per heavy atom. The molecule has 2 aliphatic rings. The largest absolute Gasteiger partial charge is 0.356 e. The third kappa shape index (κ3) is 3.59. The lowest BCUT2D eigenvalue weighted by Crippen LogP contribution is -2.44. The van der Waals surface area contributed by atoms with Crippen LogP contribution >= 0.6 is 0 Å². The molecule has 2 saturated heterocycles. The molecule has 1 aromatic carbocycles. The Labute approximate surface area is 156 Å². The standard InChI is InChI=1S/C22H26N4/c1-18-4-2-5-20(12-18)15-25-10-3-7-22(16-25)8-11-26(17-22)21-13-19(14-23)6-9-24-21/h2,4-6,9,12-13H,3,7-8,10-11,15-17H2,1H3. The number of piperidine rings is 1. The van der Waals surface area contributed by atoms with E-state index in [0.717, 1.165) is 32.0 Å². The zero-order valence-corrected chi connectivity index (χ0v) is 15.5. The molecule has 26 heavy (non-hydrogen) atoms. The summed E-state index contributed by atoms with van der Waals surface area (Å²) < 4.78 is 0. The number of pyridine rings is 1. The summed E-state index contributed by atoms with van der Waals surface area (Å²) in [5.41, 5.74) is 3.82. The summed E-state index contributed by atoms with van der Waals surface area (Å²) in [6, 6.07) is 14.8. The fraction of sp³-hybridized carbons (Fsp3) is 0.455. The molecule has 1 spiro atoms. The van der Waals surface area contributed by atoms with Crippen molar-refractivity contribution in [2.75, 3.05) is 31.1 Å². The van der Waals surface area contributed by atoms with Crippen LogP contribution in [0.4, 0.5) is 5.82 Å². The zero-order chi connectivity index (χ0) is 18.0. The van der Waals surface area contributed by atoms with Crippen molar-refractivity contribution >= 4 is 5.82 Å². The molecule has 4 heteroatoms. The Morgan fingerprint density at radius 2 is 2.08 bits per heavy atom. The molecule has 2 aromatic rings. The molecule has 2 aliphatic heterocycles. The van der Waals surface area contributed by atoms with Crippen molar-refractivity contribution in [2.45, 2.75) is 32.7 Å². The van der Waals surface area contributed by atoms with E-state index in [4.69, 9.17) is 5.26 Å². The molecule has 1 aromatic heterocycles. The number of anilines is 1. The highest BCUT2D eigenvalue weighted by Crippen LogP contribution is 2.40. The van der Waals surface area contributed by atoms with E-state index in [9.17, 15) is 0 Å². The Hall–Kier alpha value is -2.38. The molecule has 0 amide bonds. The Bertz CT molecular complexity index is 825. The summed E-state index contributed by atoms with van der Waals surface area (Å²) in [5, 5.41) is 9.14. The van der Waals surface area contributed by atoms with E-state index in [0.29, 0.717) is 11.0 Å². The number of hydrogen-bond donors (Lipinski definition) is 0. The highest BCUT2D eigenvalue weighted by molar-refractivity contribution is 5.46. The van der Waals surface area contributed by atoms with Crippen LogP contribution in [0.5, 0.6) is 0 Å². The van der Waals surface area contributed by atoms with Gasteiger partial charge in [0.2, 0.25) is 0 Å². The average Bonchev–Trinajstić information content (AvgIpc) is 3.05. The maximum absolute atomic E-state index is 9.14. The van der Waals surface area contributed by atoms with Gasteiger partial charge in [-0.25, -0.2) is 4.98 Å². The van der Waals surface area contributed by atoms with Gasteiger partial charge in [-0.05, 0) is 50.4 Å². The van der Waals surface area contributed by atoms with Crippen LogP contribution in [-0.4, -0.2) is 36.1 Å².